The van der Waals surface area contributed by atoms with E-state index in [-0.39, 0.29) is 0 Å². The molecule has 0 amide bonds. The van der Waals surface area contributed by atoms with Crippen LogP contribution in [0.25, 0.3) is 5.57 Å². The maximum atomic E-state index is 4.32. The van der Waals surface area contributed by atoms with Crippen LogP contribution in [0.3, 0.4) is 0 Å². The Bertz CT molecular complexity index is 391. The summed E-state index contributed by atoms with van der Waals surface area (Å²) >= 11 is 0. The molecule has 3 heteroatoms. The molecular formula is C15H21N3. The SMILES string of the molecule is C=C/C(=C\NCC1CCCCN1)c1ccccn1. The predicted molar refractivity (Wildman–Crippen MR) is 76.1 cm³/mol. The molecule has 1 aromatic rings. The van der Waals surface area contributed by atoms with E-state index in [1.165, 1.54) is 19.3 Å². The Hall–Kier alpha value is -1.61. The van der Waals surface area contributed by atoms with Crippen molar-refractivity contribution in [1.29, 1.82) is 0 Å². The lowest BCUT2D eigenvalue weighted by molar-refractivity contribution is 0.395. The largest absolute Gasteiger partial charge is 0.389 e. The summed E-state index contributed by atoms with van der Waals surface area (Å²) < 4.78 is 0. The van der Waals surface area contributed by atoms with Crippen LogP contribution in [0, 0.1) is 0 Å². The van der Waals surface area contributed by atoms with E-state index >= 15 is 0 Å². The summed E-state index contributed by atoms with van der Waals surface area (Å²) in [7, 11) is 0. The fraction of sp³-hybridized carbons (Fsp3) is 0.400. The number of piperidine rings is 1. The number of hydrogen-bond acceptors (Lipinski definition) is 3. The lowest BCUT2D eigenvalue weighted by atomic mass is 10.1. The highest BCUT2D eigenvalue weighted by Crippen LogP contribution is 2.11. The van der Waals surface area contributed by atoms with Crippen LogP contribution in [-0.4, -0.2) is 24.1 Å². The molecule has 2 heterocycles. The Morgan fingerprint density at radius 2 is 2.44 bits per heavy atom. The van der Waals surface area contributed by atoms with Crippen molar-refractivity contribution >= 4 is 5.57 Å². The predicted octanol–water partition coefficient (Wildman–Crippen LogP) is 2.34. The zero-order chi connectivity index (χ0) is 12.6. The second kappa shape index (κ2) is 6.97. The smallest absolute Gasteiger partial charge is 0.0716 e. The maximum absolute atomic E-state index is 4.32. The summed E-state index contributed by atoms with van der Waals surface area (Å²) in [6.07, 6.45) is 9.54. The molecule has 1 aliphatic heterocycles. The van der Waals surface area contributed by atoms with Gasteiger partial charge >= 0.3 is 0 Å². The Balaban J connectivity index is 1.88. The number of nitrogens with zero attached hydrogens (tertiary/aromatic N) is 1. The molecule has 0 spiro atoms. The molecule has 1 unspecified atom stereocenters. The summed E-state index contributed by atoms with van der Waals surface area (Å²) in [6, 6.07) is 6.49. The van der Waals surface area contributed by atoms with Crippen molar-refractivity contribution in [2.45, 2.75) is 25.3 Å². The molecule has 18 heavy (non-hydrogen) atoms. The minimum absolute atomic E-state index is 0.588. The van der Waals surface area contributed by atoms with Crippen LogP contribution in [0.4, 0.5) is 0 Å². The van der Waals surface area contributed by atoms with Crippen molar-refractivity contribution < 1.29 is 0 Å². The molecule has 0 saturated carbocycles. The van der Waals surface area contributed by atoms with Gasteiger partial charge in [0, 0.05) is 30.6 Å². The zero-order valence-corrected chi connectivity index (χ0v) is 10.7. The van der Waals surface area contributed by atoms with Crippen LogP contribution in [0.5, 0.6) is 0 Å². The van der Waals surface area contributed by atoms with Crippen molar-refractivity contribution in [1.82, 2.24) is 15.6 Å². The zero-order valence-electron chi connectivity index (χ0n) is 10.7. The highest BCUT2D eigenvalue weighted by Gasteiger charge is 2.10. The fourth-order valence-corrected chi connectivity index (χ4v) is 2.18. The summed E-state index contributed by atoms with van der Waals surface area (Å²) in [5, 5.41) is 6.89. The van der Waals surface area contributed by atoms with Crippen molar-refractivity contribution in [2.75, 3.05) is 13.1 Å². The molecule has 0 bridgehead atoms. The van der Waals surface area contributed by atoms with E-state index in [1.54, 1.807) is 6.20 Å². The number of allylic oxidation sites excluding steroid dienone is 2. The lowest BCUT2D eigenvalue weighted by Crippen LogP contribution is -2.40. The van der Waals surface area contributed by atoms with Gasteiger partial charge in [0.25, 0.3) is 0 Å². The number of nitrogens with one attached hydrogen (secondary N) is 2. The molecule has 1 aromatic heterocycles. The first-order valence-electron chi connectivity index (χ1n) is 6.61. The topological polar surface area (TPSA) is 37.0 Å². The first-order chi connectivity index (χ1) is 8.90. The van der Waals surface area contributed by atoms with Gasteiger partial charge in [-0.3, -0.25) is 4.98 Å². The van der Waals surface area contributed by atoms with E-state index < -0.39 is 0 Å². The minimum Gasteiger partial charge on any atom is -0.389 e. The molecular weight excluding hydrogens is 222 g/mol. The second-order valence-electron chi connectivity index (χ2n) is 4.57. The lowest BCUT2D eigenvalue weighted by Gasteiger charge is -2.23. The quantitative estimate of drug-likeness (QED) is 0.779. The van der Waals surface area contributed by atoms with Crippen molar-refractivity contribution in [3.8, 4) is 0 Å². The van der Waals surface area contributed by atoms with Crippen LogP contribution in [0.1, 0.15) is 25.0 Å². The Kier molecular flexibility index (Phi) is 4.97. The molecule has 1 aliphatic rings. The average Bonchev–Trinajstić information content (AvgIpc) is 2.46. The summed E-state index contributed by atoms with van der Waals surface area (Å²) in [4.78, 5) is 4.32. The molecule has 1 saturated heterocycles. The average molecular weight is 243 g/mol. The van der Waals surface area contributed by atoms with Gasteiger partial charge < -0.3 is 10.6 Å². The molecule has 0 aliphatic carbocycles. The standard InChI is InChI=1S/C15H21N3/c1-2-13(15-8-4-6-10-18-15)11-16-12-14-7-3-5-9-17-14/h2,4,6,8,10-11,14,16-17H,1,3,5,7,9,12H2/b13-11+. The Morgan fingerprint density at radius 1 is 1.50 bits per heavy atom. The van der Waals surface area contributed by atoms with Crippen LogP contribution in [0.15, 0.2) is 43.3 Å². The first-order valence-corrected chi connectivity index (χ1v) is 6.61. The summed E-state index contributed by atoms with van der Waals surface area (Å²) in [5.41, 5.74) is 1.99. The van der Waals surface area contributed by atoms with Gasteiger partial charge in [-0.05, 0) is 31.5 Å². The van der Waals surface area contributed by atoms with Crippen LogP contribution in [0.2, 0.25) is 0 Å². The number of pyridine rings is 1. The molecule has 0 radical (unpaired) electrons. The van der Waals surface area contributed by atoms with Crippen LogP contribution in [-0.2, 0) is 0 Å². The molecule has 2 N–H and O–H groups in total. The molecule has 0 aromatic carbocycles. The van der Waals surface area contributed by atoms with Crippen molar-refractivity contribution in [3.05, 3.63) is 48.9 Å². The molecule has 1 atom stereocenters. The van der Waals surface area contributed by atoms with Crippen molar-refractivity contribution in [3.63, 3.8) is 0 Å². The third-order valence-corrected chi connectivity index (χ3v) is 3.21. The first kappa shape index (κ1) is 12.8. The molecule has 2 rings (SSSR count). The summed E-state index contributed by atoms with van der Waals surface area (Å²) in [6.45, 7) is 5.94. The van der Waals surface area contributed by atoms with Gasteiger partial charge in [-0.25, -0.2) is 0 Å². The van der Waals surface area contributed by atoms with E-state index in [0.717, 1.165) is 24.4 Å². The Labute approximate surface area is 109 Å². The minimum atomic E-state index is 0.588. The van der Waals surface area contributed by atoms with E-state index in [0.29, 0.717) is 6.04 Å². The van der Waals surface area contributed by atoms with E-state index in [2.05, 4.69) is 22.2 Å². The molecule has 1 fully saturated rings. The van der Waals surface area contributed by atoms with Gasteiger partial charge in [-0.1, -0.05) is 25.1 Å². The van der Waals surface area contributed by atoms with E-state index in [9.17, 15) is 0 Å². The Morgan fingerprint density at radius 3 is 3.11 bits per heavy atom. The maximum Gasteiger partial charge on any atom is 0.0716 e. The van der Waals surface area contributed by atoms with Crippen molar-refractivity contribution in [2.24, 2.45) is 0 Å². The van der Waals surface area contributed by atoms with Gasteiger partial charge in [0.1, 0.15) is 0 Å². The molecule has 96 valence electrons. The highest BCUT2D eigenvalue weighted by atomic mass is 15.0. The highest BCUT2D eigenvalue weighted by molar-refractivity contribution is 5.70. The van der Waals surface area contributed by atoms with Gasteiger partial charge in [-0.15, -0.1) is 0 Å². The third-order valence-electron chi connectivity index (χ3n) is 3.21. The third kappa shape index (κ3) is 3.70. The van der Waals surface area contributed by atoms with E-state index in [4.69, 9.17) is 0 Å². The van der Waals surface area contributed by atoms with E-state index in [1.807, 2.05) is 30.5 Å². The monoisotopic (exact) mass is 243 g/mol. The number of rotatable bonds is 5. The van der Waals surface area contributed by atoms with Gasteiger partial charge in [0.05, 0.1) is 5.69 Å². The van der Waals surface area contributed by atoms with Crippen LogP contribution < -0.4 is 10.6 Å². The van der Waals surface area contributed by atoms with Gasteiger partial charge in [0.15, 0.2) is 0 Å². The number of aromatic nitrogens is 1. The van der Waals surface area contributed by atoms with Crippen LogP contribution >= 0.6 is 0 Å². The van der Waals surface area contributed by atoms with Gasteiger partial charge in [-0.2, -0.15) is 0 Å². The normalized spacial score (nSPS) is 20.4. The summed E-state index contributed by atoms with van der Waals surface area (Å²) in [5.74, 6) is 0. The fourth-order valence-electron chi connectivity index (χ4n) is 2.18. The van der Waals surface area contributed by atoms with Gasteiger partial charge in [0.2, 0.25) is 0 Å². The number of hydrogen-bond donors (Lipinski definition) is 2. The second-order valence-corrected chi connectivity index (χ2v) is 4.57. The molecule has 3 nitrogen and oxygen atoms in total.